The first-order valence-corrected chi connectivity index (χ1v) is 14.3. The van der Waals surface area contributed by atoms with Crippen molar-refractivity contribution in [1.29, 1.82) is 0 Å². The third-order valence-corrected chi connectivity index (χ3v) is 7.49. The van der Waals surface area contributed by atoms with Gasteiger partial charge in [-0.1, -0.05) is 81.0 Å². The number of hydrogen-bond donors (Lipinski definition) is 0. The predicted octanol–water partition coefficient (Wildman–Crippen LogP) is 11.0. The number of fused-ring (bicyclic) bond motifs is 3. The van der Waals surface area contributed by atoms with Crippen LogP contribution in [-0.2, 0) is 25.5 Å². The Kier molecular flexibility index (Phi) is 6.74. The van der Waals surface area contributed by atoms with E-state index in [0.717, 1.165) is 34.2 Å². The molecule has 0 bridgehead atoms. The molecule has 1 radical (unpaired) electrons. The molecule has 46 heavy (non-hydrogen) atoms. The Hall–Kier alpha value is -4.44. The Morgan fingerprint density at radius 2 is 1.59 bits per heavy atom. The van der Waals surface area contributed by atoms with E-state index >= 15 is 0 Å². The van der Waals surface area contributed by atoms with E-state index in [1.165, 1.54) is 30.0 Å². The summed E-state index contributed by atoms with van der Waals surface area (Å²) in [5.41, 5.74) is 5.04. The van der Waals surface area contributed by atoms with Gasteiger partial charge in [0.1, 0.15) is 11.4 Å². The largest absolute Gasteiger partial charge is 0.501 e. The van der Waals surface area contributed by atoms with Crippen LogP contribution in [0.3, 0.4) is 0 Å². The molecule has 0 spiro atoms. The van der Waals surface area contributed by atoms with Crippen molar-refractivity contribution in [3.63, 3.8) is 0 Å². The number of hydrogen-bond acceptors (Lipinski definition) is 3. The van der Waals surface area contributed by atoms with Gasteiger partial charge in [0.2, 0.25) is 0 Å². The Labute approximate surface area is 296 Å². The monoisotopic (exact) mass is 792 g/mol. The van der Waals surface area contributed by atoms with E-state index in [1.807, 2.05) is 48.7 Å². The van der Waals surface area contributed by atoms with Crippen LogP contribution in [0.4, 0.5) is 4.39 Å². The van der Waals surface area contributed by atoms with E-state index in [-0.39, 0.29) is 47.8 Å². The summed E-state index contributed by atoms with van der Waals surface area (Å²) >= 11 is 0. The van der Waals surface area contributed by atoms with Crippen LogP contribution in [-0.4, -0.2) is 9.97 Å². The molecule has 0 fully saturated rings. The van der Waals surface area contributed by atoms with Crippen molar-refractivity contribution in [2.45, 2.75) is 46.7 Å². The van der Waals surface area contributed by atoms with Crippen LogP contribution >= 0.6 is 0 Å². The molecule has 0 saturated carbocycles. The quantitative estimate of drug-likeness (QED) is 0.167. The van der Waals surface area contributed by atoms with Crippen LogP contribution in [0.2, 0.25) is 0 Å². The van der Waals surface area contributed by atoms with Crippen LogP contribution in [0.25, 0.3) is 55.6 Å². The maximum absolute atomic E-state index is 14.0. The van der Waals surface area contributed by atoms with E-state index in [1.54, 1.807) is 18.2 Å². The fourth-order valence-corrected chi connectivity index (χ4v) is 5.03. The Bertz CT molecular complexity index is 2390. The number of benzene rings is 4. The minimum Gasteiger partial charge on any atom is -0.501 e. The van der Waals surface area contributed by atoms with Gasteiger partial charge in [-0.05, 0) is 76.5 Å². The zero-order chi connectivity index (χ0) is 39.2. The molecule has 7 rings (SSSR count). The van der Waals surface area contributed by atoms with Crippen LogP contribution < -0.4 is 0 Å². The second kappa shape index (κ2) is 13.5. The molecule has 0 atom stereocenters. The summed E-state index contributed by atoms with van der Waals surface area (Å²) in [6.07, 6.45) is 3.07. The van der Waals surface area contributed by atoms with Gasteiger partial charge in [-0.3, -0.25) is 0 Å². The van der Waals surface area contributed by atoms with Crippen molar-refractivity contribution in [3.8, 4) is 33.6 Å². The van der Waals surface area contributed by atoms with E-state index < -0.39 is 26.4 Å². The SMILES string of the molecule is [2H]C([2H])([2H])c1c[c-]c(-c2ccc(C(C)(C)C)cn2)cc1.[2H]C([2H])([2H])c1cnc(-c2[c-]ccc3c2oc2ccccc23)cc1-c1ccc(F)cc1C([2H])([2H])[2H].[Ir]. The first-order valence-electron chi connectivity index (χ1n) is 18.8. The Morgan fingerprint density at radius 3 is 2.30 bits per heavy atom. The molecule has 0 saturated heterocycles. The van der Waals surface area contributed by atoms with Gasteiger partial charge in [-0.25, -0.2) is 4.39 Å². The van der Waals surface area contributed by atoms with Crippen molar-refractivity contribution >= 4 is 21.9 Å². The van der Waals surface area contributed by atoms with Gasteiger partial charge in [0, 0.05) is 50.2 Å². The maximum atomic E-state index is 14.0. The Morgan fingerprint density at radius 1 is 0.761 bits per heavy atom. The van der Waals surface area contributed by atoms with Gasteiger partial charge < -0.3 is 14.4 Å². The third kappa shape index (κ3) is 6.87. The molecular weight excluding hydrogens is 748 g/mol. The normalized spacial score (nSPS) is 14.9. The minimum absolute atomic E-state index is 0. The maximum Gasteiger partial charge on any atom is 0.123 e. The van der Waals surface area contributed by atoms with Gasteiger partial charge in [0.05, 0.1) is 5.58 Å². The molecule has 0 aliphatic rings. The van der Waals surface area contributed by atoms with Crippen molar-refractivity contribution in [2.24, 2.45) is 0 Å². The third-order valence-electron chi connectivity index (χ3n) is 7.49. The van der Waals surface area contributed by atoms with E-state index in [4.69, 9.17) is 16.8 Å². The molecule has 0 aliphatic heterocycles. The minimum atomic E-state index is -2.66. The van der Waals surface area contributed by atoms with E-state index in [0.29, 0.717) is 28.0 Å². The molecule has 5 heteroatoms. The zero-order valence-electron chi connectivity index (χ0n) is 34.3. The molecule has 0 amide bonds. The van der Waals surface area contributed by atoms with Crippen molar-refractivity contribution < 1.29 is 41.2 Å². The number of pyridine rings is 2. The summed E-state index contributed by atoms with van der Waals surface area (Å²) in [6, 6.07) is 30.9. The zero-order valence-corrected chi connectivity index (χ0v) is 27.7. The summed E-state index contributed by atoms with van der Waals surface area (Å²) in [4.78, 5) is 8.80. The molecule has 3 aromatic heterocycles. The number of halogens is 1. The topological polar surface area (TPSA) is 38.9 Å². The first-order chi connectivity index (χ1) is 25.2. The van der Waals surface area contributed by atoms with Gasteiger partial charge in [0.15, 0.2) is 0 Å². The van der Waals surface area contributed by atoms with Gasteiger partial charge in [0.25, 0.3) is 0 Å². The van der Waals surface area contributed by atoms with Crippen LogP contribution in [0.5, 0.6) is 0 Å². The number of aromatic nitrogens is 2. The van der Waals surface area contributed by atoms with Crippen molar-refractivity contribution in [2.75, 3.05) is 0 Å². The van der Waals surface area contributed by atoms with Gasteiger partial charge >= 0.3 is 0 Å². The van der Waals surface area contributed by atoms with E-state index in [9.17, 15) is 4.39 Å². The van der Waals surface area contributed by atoms with Crippen LogP contribution in [0.15, 0.2) is 108 Å². The molecule has 7 aromatic rings. The molecular formula is C41H35FIrN2O-2. The second-order valence-corrected chi connectivity index (χ2v) is 11.7. The fourth-order valence-electron chi connectivity index (χ4n) is 5.03. The number of aryl methyl sites for hydroxylation is 3. The van der Waals surface area contributed by atoms with Crippen molar-refractivity contribution in [3.05, 3.63) is 144 Å². The smallest absolute Gasteiger partial charge is 0.123 e. The van der Waals surface area contributed by atoms with Crippen LogP contribution in [0.1, 0.15) is 55.4 Å². The number of nitrogens with zero attached hydrogens (tertiary/aromatic N) is 2. The summed E-state index contributed by atoms with van der Waals surface area (Å²) < 4.78 is 89.5. The summed E-state index contributed by atoms with van der Waals surface area (Å²) in [6.45, 7) is -0.893. The summed E-state index contributed by atoms with van der Waals surface area (Å²) in [5.74, 6) is -0.722. The molecule has 0 N–H and O–H groups in total. The predicted molar refractivity (Wildman–Crippen MR) is 183 cm³/mol. The number of furan rings is 1. The fraction of sp³-hybridized carbons (Fsp3) is 0.171. The van der Waals surface area contributed by atoms with Gasteiger partial charge in [-0.2, -0.15) is 0 Å². The molecule has 0 aliphatic carbocycles. The summed E-state index contributed by atoms with van der Waals surface area (Å²) in [5, 5.41) is 1.76. The Balaban J connectivity index is 0.000000237. The van der Waals surface area contributed by atoms with Crippen molar-refractivity contribution in [1.82, 2.24) is 9.97 Å². The molecule has 233 valence electrons. The average Bonchev–Trinajstić information content (AvgIpc) is 3.49. The molecule has 3 heterocycles. The molecule has 4 aromatic carbocycles. The van der Waals surface area contributed by atoms with E-state index in [2.05, 4.69) is 42.9 Å². The number of para-hydroxylation sites is 1. The average molecular weight is 792 g/mol. The number of rotatable bonds is 3. The summed E-state index contributed by atoms with van der Waals surface area (Å²) in [7, 11) is 0. The molecule has 3 nitrogen and oxygen atoms in total. The standard InChI is InChI=1S/C25H17FNO.C16H18N.Ir/c1-15-12-17(26)10-11-18(15)22-13-23(27-14-16(22)2)21-8-5-7-20-19-6-3-4-9-24(19)28-25(20)21;1-12-5-7-13(8-6-12)15-10-9-14(11-17-15)16(2,3)4;/h3-7,9-14H,1-2H3;5-7,9-11H,1-4H3;/q2*-1;/i1D3,2D3;1D3;. The second-order valence-electron chi connectivity index (χ2n) is 11.7. The van der Waals surface area contributed by atoms with Gasteiger partial charge in [-0.15, -0.1) is 53.6 Å². The first kappa shape index (κ1) is 23.0. The molecule has 0 unspecified atom stereocenters. The van der Waals surface area contributed by atoms with Crippen LogP contribution in [0, 0.1) is 38.5 Å².